The molecule has 0 saturated carbocycles. The van der Waals surface area contributed by atoms with Gasteiger partial charge in [-0.1, -0.05) is 23.7 Å². The van der Waals surface area contributed by atoms with Crippen LogP contribution in [0, 0.1) is 10.5 Å². The van der Waals surface area contributed by atoms with Gasteiger partial charge in [-0.15, -0.1) is 0 Å². The first kappa shape index (κ1) is 15.8. The number of anilines is 1. The third-order valence-corrected chi connectivity index (χ3v) is 4.07. The van der Waals surface area contributed by atoms with E-state index in [1.165, 1.54) is 6.07 Å². The van der Waals surface area contributed by atoms with E-state index in [4.69, 9.17) is 11.6 Å². The maximum Gasteiger partial charge on any atom is 0.337 e. The standard InChI is InChI=1S/C15H11ClINO3/c1-8-3-2-4-10(13(8)16)14(19)18-12-6-5-9(17)7-11(12)15(20)21/h2-7H,1H3,(H,18,19)(H,20,21). The predicted octanol–water partition coefficient (Wildman–Crippen LogP) is 4.20. The number of aryl methyl sites for hydroxylation is 1. The van der Waals surface area contributed by atoms with Crippen molar-refractivity contribution < 1.29 is 14.7 Å². The minimum Gasteiger partial charge on any atom is -0.478 e. The van der Waals surface area contributed by atoms with E-state index in [-0.39, 0.29) is 11.3 Å². The number of benzene rings is 2. The number of halogens is 2. The molecule has 2 aromatic carbocycles. The fourth-order valence-corrected chi connectivity index (χ4v) is 2.52. The summed E-state index contributed by atoms with van der Waals surface area (Å²) in [6.07, 6.45) is 0. The number of carboxylic acid groups (broad SMARTS) is 1. The Kier molecular flexibility index (Phi) is 4.84. The maximum atomic E-state index is 12.3. The van der Waals surface area contributed by atoms with Crippen LogP contribution in [-0.2, 0) is 0 Å². The highest BCUT2D eigenvalue weighted by atomic mass is 127. The molecule has 21 heavy (non-hydrogen) atoms. The van der Waals surface area contributed by atoms with Crippen molar-refractivity contribution in [1.82, 2.24) is 0 Å². The van der Waals surface area contributed by atoms with Gasteiger partial charge < -0.3 is 10.4 Å². The topological polar surface area (TPSA) is 66.4 Å². The van der Waals surface area contributed by atoms with Crippen molar-refractivity contribution in [3.8, 4) is 0 Å². The number of rotatable bonds is 3. The van der Waals surface area contributed by atoms with E-state index in [0.717, 1.165) is 9.13 Å². The first-order valence-electron chi connectivity index (χ1n) is 5.99. The summed E-state index contributed by atoms with van der Waals surface area (Å²) in [5, 5.41) is 12.1. The highest BCUT2D eigenvalue weighted by Gasteiger charge is 2.16. The number of nitrogens with one attached hydrogen (secondary N) is 1. The molecule has 0 bridgehead atoms. The van der Waals surface area contributed by atoms with E-state index in [0.29, 0.717) is 10.6 Å². The smallest absolute Gasteiger partial charge is 0.337 e. The molecule has 0 radical (unpaired) electrons. The van der Waals surface area contributed by atoms with Crippen LogP contribution in [-0.4, -0.2) is 17.0 Å². The lowest BCUT2D eigenvalue weighted by Gasteiger charge is -2.10. The lowest BCUT2D eigenvalue weighted by atomic mass is 10.1. The number of aromatic carboxylic acids is 1. The molecule has 108 valence electrons. The van der Waals surface area contributed by atoms with E-state index in [9.17, 15) is 14.7 Å². The van der Waals surface area contributed by atoms with Gasteiger partial charge in [-0.2, -0.15) is 0 Å². The van der Waals surface area contributed by atoms with Gasteiger partial charge in [0, 0.05) is 3.57 Å². The number of carboxylic acids is 1. The minimum atomic E-state index is -1.10. The Morgan fingerprint density at radius 2 is 1.90 bits per heavy atom. The molecule has 1 amide bonds. The monoisotopic (exact) mass is 415 g/mol. The molecule has 0 fully saturated rings. The zero-order valence-electron chi connectivity index (χ0n) is 11.0. The molecule has 0 atom stereocenters. The molecule has 4 nitrogen and oxygen atoms in total. The van der Waals surface area contributed by atoms with Gasteiger partial charge >= 0.3 is 5.97 Å². The molecule has 2 N–H and O–H groups in total. The maximum absolute atomic E-state index is 12.3. The van der Waals surface area contributed by atoms with E-state index < -0.39 is 11.9 Å². The molecule has 2 aromatic rings. The van der Waals surface area contributed by atoms with Crippen LogP contribution in [0.5, 0.6) is 0 Å². The van der Waals surface area contributed by atoms with Crippen molar-refractivity contribution >= 4 is 51.8 Å². The first-order valence-corrected chi connectivity index (χ1v) is 7.45. The summed E-state index contributed by atoms with van der Waals surface area (Å²) >= 11 is 8.12. The third kappa shape index (κ3) is 3.54. The van der Waals surface area contributed by atoms with Gasteiger partial charge in [-0.3, -0.25) is 4.79 Å². The molecule has 0 unspecified atom stereocenters. The van der Waals surface area contributed by atoms with Gasteiger partial charge in [0.1, 0.15) is 0 Å². The van der Waals surface area contributed by atoms with Crippen LogP contribution in [0.15, 0.2) is 36.4 Å². The quantitative estimate of drug-likeness (QED) is 0.738. The van der Waals surface area contributed by atoms with Gasteiger partial charge in [-0.05, 0) is 59.3 Å². The highest BCUT2D eigenvalue weighted by molar-refractivity contribution is 14.1. The van der Waals surface area contributed by atoms with Gasteiger partial charge in [0.25, 0.3) is 5.91 Å². The Labute approximate surface area is 140 Å². The molecular formula is C15H11ClINO3. The van der Waals surface area contributed by atoms with E-state index in [1.54, 1.807) is 37.3 Å². The number of carbonyl (C=O) groups is 2. The predicted molar refractivity (Wildman–Crippen MR) is 90.3 cm³/mol. The van der Waals surface area contributed by atoms with Crippen molar-refractivity contribution in [3.63, 3.8) is 0 Å². The Hall–Kier alpha value is -1.60. The fourth-order valence-electron chi connectivity index (χ4n) is 1.81. The molecule has 0 heterocycles. The van der Waals surface area contributed by atoms with Gasteiger partial charge in [0.05, 0.1) is 21.8 Å². The Morgan fingerprint density at radius 1 is 1.19 bits per heavy atom. The number of hydrogen-bond donors (Lipinski definition) is 2. The first-order chi connectivity index (χ1) is 9.90. The summed E-state index contributed by atoms with van der Waals surface area (Å²) in [6, 6.07) is 9.90. The SMILES string of the molecule is Cc1cccc(C(=O)Nc2ccc(I)cc2C(=O)O)c1Cl. The molecule has 2 rings (SSSR count). The fraction of sp³-hybridized carbons (Fsp3) is 0.0667. The Bertz CT molecular complexity index is 731. The van der Waals surface area contributed by atoms with Crippen molar-refractivity contribution in [3.05, 3.63) is 61.7 Å². The van der Waals surface area contributed by atoms with Crippen LogP contribution >= 0.6 is 34.2 Å². The zero-order valence-corrected chi connectivity index (χ0v) is 13.9. The molecule has 0 aromatic heterocycles. The number of carbonyl (C=O) groups excluding carboxylic acids is 1. The largest absolute Gasteiger partial charge is 0.478 e. The third-order valence-electron chi connectivity index (χ3n) is 2.90. The van der Waals surface area contributed by atoms with E-state index >= 15 is 0 Å². The van der Waals surface area contributed by atoms with Gasteiger partial charge in [0.2, 0.25) is 0 Å². The zero-order chi connectivity index (χ0) is 15.6. The van der Waals surface area contributed by atoms with Crippen molar-refractivity contribution in [2.75, 3.05) is 5.32 Å². The number of amides is 1. The lowest BCUT2D eigenvalue weighted by molar-refractivity contribution is 0.0698. The summed E-state index contributed by atoms with van der Waals surface area (Å²) in [5.74, 6) is -1.54. The second-order valence-electron chi connectivity index (χ2n) is 4.39. The molecule has 0 aliphatic rings. The van der Waals surface area contributed by atoms with Crippen LogP contribution in [0.3, 0.4) is 0 Å². The second kappa shape index (κ2) is 6.44. The summed E-state index contributed by atoms with van der Waals surface area (Å²) < 4.78 is 0.775. The summed E-state index contributed by atoms with van der Waals surface area (Å²) in [6.45, 7) is 1.80. The molecule has 0 saturated heterocycles. The van der Waals surface area contributed by atoms with Crippen LogP contribution in [0.1, 0.15) is 26.3 Å². The molecule has 0 aliphatic heterocycles. The van der Waals surface area contributed by atoms with Gasteiger partial charge in [0.15, 0.2) is 0 Å². The van der Waals surface area contributed by atoms with Crippen LogP contribution in [0.25, 0.3) is 0 Å². The molecular weight excluding hydrogens is 405 g/mol. The second-order valence-corrected chi connectivity index (χ2v) is 6.01. The number of hydrogen-bond acceptors (Lipinski definition) is 2. The van der Waals surface area contributed by atoms with Crippen LogP contribution in [0.2, 0.25) is 5.02 Å². The highest BCUT2D eigenvalue weighted by Crippen LogP contribution is 2.23. The van der Waals surface area contributed by atoms with Crippen molar-refractivity contribution in [2.45, 2.75) is 6.92 Å². The Balaban J connectivity index is 2.36. The Morgan fingerprint density at radius 3 is 2.57 bits per heavy atom. The van der Waals surface area contributed by atoms with Gasteiger partial charge in [-0.25, -0.2) is 4.79 Å². The summed E-state index contributed by atoms with van der Waals surface area (Å²) in [7, 11) is 0. The lowest BCUT2D eigenvalue weighted by Crippen LogP contribution is -2.15. The molecule has 0 spiro atoms. The average Bonchev–Trinajstić information content (AvgIpc) is 2.43. The van der Waals surface area contributed by atoms with E-state index in [2.05, 4.69) is 5.32 Å². The van der Waals surface area contributed by atoms with Crippen molar-refractivity contribution in [1.29, 1.82) is 0 Å². The van der Waals surface area contributed by atoms with Crippen LogP contribution in [0.4, 0.5) is 5.69 Å². The minimum absolute atomic E-state index is 0.0408. The summed E-state index contributed by atoms with van der Waals surface area (Å²) in [5.41, 5.74) is 1.38. The van der Waals surface area contributed by atoms with Crippen LogP contribution < -0.4 is 5.32 Å². The normalized spacial score (nSPS) is 10.2. The van der Waals surface area contributed by atoms with E-state index in [1.807, 2.05) is 22.6 Å². The molecule has 0 aliphatic carbocycles. The molecule has 6 heteroatoms. The summed E-state index contributed by atoms with van der Waals surface area (Å²) in [4.78, 5) is 23.5. The average molecular weight is 416 g/mol. The van der Waals surface area contributed by atoms with Crippen molar-refractivity contribution in [2.24, 2.45) is 0 Å².